The van der Waals surface area contributed by atoms with Crippen molar-refractivity contribution in [2.45, 2.75) is 95.8 Å². The van der Waals surface area contributed by atoms with E-state index in [1.807, 2.05) is 0 Å². The number of amides is 1. The molecule has 4 aliphatic heterocycles. The van der Waals surface area contributed by atoms with Crippen LogP contribution in [0.3, 0.4) is 0 Å². The minimum atomic E-state index is -1.57. The summed E-state index contributed by atoms with van der Waals surface area (Å²) in [4.78, 5) is 40.2. The van der Waals surface area contributed by atoms with Gasteiger partial charge in [-0.2, -0.15) is 0 Å². The van der Waals surface area contributed by atoms with Crippen LogP contribution >= 0.6 is 0 Å². The van der Waals surface area contributed by atoms with Gasteiger partial charge in [0.1, 0.15) is 24.4 Å². The van der Waals surface area contributed by atoms with E-state index in [0.717, 1.165) is 0 Å². The van der Waals surface area contributed by atoms with Gasteiger partial charge in [-0.15, -0.1) is 0 Å². The first-order valence-electron chi connectivity index (χ1n) is 12.4. The highest BCUT2D eigenvalue weighted by molar-refractivity contribution is 6.09. The summed E-state index contributed by atoms with van der Waals surface area (Å²) < 4.78 is 37.6. The molecule has 10 nitrogen and oxygen atoms in total. The van der Waals surface area contributed by atoms with E-state index >= 15 is 0 Å². The number of benzene rings is 1. The minimum Gasteiger partial charge on any atom is -0.448 e. The molecule has 1 aromatic carbocycles. The molecule has 0 N–H and O–H groups in total. The Kier molecular flexibility index (Phi) is 6.32. The second-order valence-electron chi connectivity index (χ2n) is 11.0. The fourth-order valence-electron chi connectivity index (χ4n) is 5.33. The number of rotatable bonds is 3. The second-order valence-corrected chi connectivity index (χ2v) is 11.0. The molecule has 37 heavy (non-hydrogen) atoms. The summed E-state index contributed by atoms with van der Waals surface area (Å²) in [5, 5.41) is 0. The van der Waals surface area contributed by atoms with Crippen molar-refractivity contribution in [2.75, 3.05) is 6.61 Å². The first-order chi connectivity index (χ1) is 17.3. The molecule has 3 unspecified atom stereocenters. The van der Waals surface area contributed by atoms with Gasteiger partial charge in [0.2, 0.25) is 5.91 Å². The predicted molar refractivity (Wildman–Crippen MR) is 128 cm³/mol. The molecule has 5 rings (SSSR count). The number of Topliss-reactive ketones (excluding diaryl/α,β-unsaturated/α-hetero) is 1. The smallest absolute Gasteiger partial charge is 0.338 e. The number of ether oxygens (including phenoxy) is 6. The summed E-state index contributed by atoms with van der Waals surface area (Å²) in [6.45, 7) is 10.6. The van der Waals surface area contributed by atoms with E-state index in [1.54, 1.807) is 71.9 Å². The third-order valence-electron chi connectivity index (χ3n) is 7.14. The van der Waals surface area contributed by atoms with E-state index in [2.05, 4.69) is 0 Å². The zero-order chi connectivity index (χ0) is 26.8. The van der Waals surface area contributed by atoms with Gasteiger partial charge in [-0.25, -0.2) is 4.79 Å². The third kappa shape index (κ3) is 4.72. The summed E-state index contributed by atoms with van der Waals surface area (Å²) in [7, 11) is 0. The average Bonchev–Trinajstić information content (AvgIpc) is 3.13. The number of allylic oxidation sites excluding steroid dienone is 1. The maximum absolute atomic E-state index is 13.4. The van der Waals surface area contributed by atoms with Crippen molar-refractivity contribution in [1.29, 1.82) is 0 Å². The van der Waals surface area contributed by atoms with Gasteiger partial charge in [0.25, 0.3) is 0 Å². The lowest BCUT2D eigenvalue weighted by atomic mass is 9.88. The molecule has 0 spiro atoms. The van der Waals surface area contributed by atoms with Crippen molar-refractivity contribution in [2.24, 2.45) is 0 Å². The molecule has 3 saturated heterocycles. The molecular weight excluding hydrogens is 482 g/mol. The lowest BCUT2D eigenvalue weighted by Gasteiger charge is -2.45. The van der Waals surface area contributed by atoms with Crippen molar-refractivity contribution < 1.29 is 42.8 Å². The molecule has 4 heterocycles. The summed E-state index contributed by atoms with van der Waals surface area (Å²) in [5.41, 5.74) is -0.854. The zero-order valence-corrected chi connectivity index (χ0v) is 21.9. The number of carbonyl (C=O) groups is 3. The highest BCUT2D eigenvalue weighted by Crippen LogP contribution is 2.47. The molecule has 200 valence electrons. The van der Waals surface area contributed by atoms with Gasteiger partial charge < -0.3 is 28.4 Å². The Balaban J connectivity index is 1.63. The Bertz CT molecular complexity index is 1130. The molecule has 3 fully saturated rings. The number of esters is 1. The van der Waals surface area contributed by atoms with Crippen LogP contribution in [0.15, 0.2) is 42.1 Å². The lowest BCUT2D eigenvalue weighted by Crippen LogP contribution is -2.62. The van der Waals surface area contributed by atoms with Gasteiger partial charge >= 0.3 is 5.97 Å². The van der Waals surface area contributed by atoms with Crippen LogP contribution in [0.4, 0.5) is 0 Å². The monoisotopic (exact) mass is 515 g/mol. The number of nitrogens with zero attached hydrogens (tertiary/aromatic N) is 1. The maximum atomic E-state index is 13.4. The molecule has 0 aliphatic carbocycles. The highest BCUT2D eigenvalue weighted by Gasteiger charge is 2.66. The van der Waals surface area contributed by atoms with Crippen LogP contribution in [-0.2, 0) is 38.0 Å². The van der Waals surface area contributed by atoms with E-state index in [-0.39, 0.29) is 18.8 Å². The molecule has 4 aliphatic rings. The van der Waals surface area contributed by atoms with Crippen LogP contribution in [0.5, 0.6) is 0 Å². The molecule has 0 saturated carbocycles. The molecule has 0 bridgehead atoms. The fourth-order valence-corrected chi connectivity index (χ4v) is 5.33. The van der Waals surface area contributed by atoms with Gasteiger partial charge in [-0.1, -0.05) is 18.2 Å². The van der Waals surface area contributed by atoms with Crippen molar-refractivity contribution in [3.05, 3.63) is 47.7 Å². The van der Waals surface area contributed by atoms with E-state index in [0.29, 0.717) is 11.1 Å². The molecule has 0 radical (unpaired) electrons. The first-order valence-corrected chi connectivity index (χ1v) is 12.4. The molecule has 1 amide bonds. The van der Waals surface area contributed by atoms with Crippen LogP contribution < -0.4 is 0 Å². The molecule has 6 atom stereocenters. The molecular formula is C27H33NO9. The fraction of sp³-hybridized carbons (Fsp3) is 0.593. The van der Waals surface area contributed by atoms with Crippen LogP contribution in [0.2, 0.25) is 0 Å². The Morgan fingerprint density at radius 1 is 0.973 bits per heavy atom. The number of carbonyl (C=O) groups excluding carboxylic acids is 3. The van der Waals surface area contributed by atoms with Crippen molar-refractivity contribution in [1.82, 2.24) is 4.90 Å². The predicted octanol–water partition coefficient (Wildman–Crippen LogP) is 2.70. The Labute approximate surface area is 215 Å². The number of ketones is 1. The highest BCUT2D eigenvalue weighted by atomic mass is 16.8. The Morgan fingerprint density at radius 3 is 2.35 bits per heavy atom. The average molecular weight is 516 g/mol. The minimum absolute atomic E-state index is 0.146. The van der Waals surface area contributed by atoms with Crippen molar-refractivity contribution in [3.8, 4) is 0 Å². The van der Waals surface area contributed by atoms with Crippen LogP contribution in [-0.4, -0.2) is 77.0 Å². The second kappa shape index (κ2) is 8.99. The van der Waals surface area contributed by atoms with E-state index in [1.165, 1.54) is 11.1 Å². The lowest BCUT2D eigenvalue weighted by molar-refractivity contribution is -0.334. The van der Waals surface area contributed by atoms with Gasteiger partial charge in [0, 0.05) is 11.8 Å². The third-order valence-corrected chi connectivity index (χ3v) is 7.14. The molecule has 10 heteroatoms. The van der Waals surface area contributed by atoms with E-state index < -0.39 is 59.7 Å². The first kappa shape index (κ1) is 26.0. The Morgan fingerprint density at radius 2 is 1.65 bits per heavy atom. The largest absolute Gasteiger partial charge is 0.448 e. The zero-order valence-electron chi connectivity index (χ0n) is 21.9. The summed E-state index contributed by atoms with van der Waals surface area (Å²) in [6, 6.07) is 8.53. The SMILES string of the molecule is CC1=CN(C2OC3COC(C)(C)O[C@H]3C3OC(C)(C)O[C@@H]3[C@@]2(C)OC(=O)c2ccccc2)C(=O)CC1=O. The maximum Gasteiger partial charge on any atom is 0.338 e. The summed E-state index contributed by atoms with van der Waals surface area (Å²) in [6.07, 6.45) is -2.98. The topological polar surface area (TPSA) is 110 Å². The van der Waals surface area contributed by atoms with Crippen LogP contribution in [0.25, 0.3) is 0 Å². The van der Waals surface area contributed by atoms with Gasteiger partial charge in [0.15, 0.2) is 29.2 Å². The van der Waals surface area contributed by atoms with Crippen LogP contribution in [0.1, 0.15) is 58.3 Å². The molecule has 1 aromatic rings. The standard InChI is InChI=1S/C27H33NO9/c1-15-13-28(19(30)12-17(15)29)24-27(6,37-23(31)16-10-8-7-9-11-16)22-21(35-26(4,5)36-22)20-18(33-24)14-32-25(2,3)34-20/h7-11,13,18,20-22,24H,12,14H2,1-6H3/t18?,20-,21?,22+,24?,27-/m1/s1. The van der Waals surface area contributed by atoms with Gasteiger partial charge in [-0.05, 0) is 53.7 Å². The quantitative estimate of drug-likeness (QED) is 0.443. The van der Waals surface area contributed by atoms with Crippen molar-refractivity contribution >= 4 is 17.7 Å². The van der Waals surface area contributed by atoms with Crippen molar-refractivity contribution in [3.63, 3.8) is 0 Å². The number of hydrogen-bond acceptors (Lipinski definition) is 9. The van der Waals surface area contributed by atoms with Gasteiger partial charge in [-0.3, -0.25) is 14.5 Å². The van der Waals surface area contributed by atoms with Crippen LogP contribution in [0, 0.1) is 0 Å². The van der Waals surface area contributed by atoms with E-state index in [9.17, 15) is 14.4 Å². The number of hydrogen-bond donors (Lipinski definition) is 0. The van der Waals surface area contributed by atoms with Gasteiger partial charge in [0.05, 0.1) is 18.6 Å². The molecule has 0 aromatic heterocycles. The number of fused-ring (bicyclic) bond motifs is 3. The normalized spacial score (nSPS) is 36.8. The van der Waals surface area contributed by atoms with E-state index in [4.69, 9.17) is 28.4 Å². The Hall–Kier alpha value is -2.63. The summed E-state index contributed by atoms with van der Waals surface area (Å²) in [5.74, 6) is -3.34. The summed E-state index contributed by atoms with van der Waals surface area (Å²) >= 11 is 0.